The third-order valence-corrected chi connectivity index (χ3v) is 7.80. The second kappa shape index (κ2) is 9.33. The zero-order chi connectivity index (χ0) is 24.6. The number of hydrogen-bond acceptors (Lipinski definition) is 4. The Morgan fingerprint density at radius 2 is 1.94 bits per heavy atom. The first kappa shape index (κ1) is 24.1. The number of hydrogen-bond donors (Lipinski definition) is 1. The number of amides is 2. The SMILES string of the molecule is C=C[C@@H]1C[C@H](C(=O)N[C@@H](c2ccc(C)c(F)c2)C2CC2)N(C(=O)c2cccc(S(C)(=O)=O)c2)C1. The molecule has 1 aliphatic carbocycles. The van der Waals surface area contributed by atoms with Gasteiger partial charge in [-0.25, -0.2) is 12.8 Å². The second-order valence-electron chi connectivity index (χ2n) is 9.34. The Morgan fingerprint density at radius 1 is 1.21 bits per heavy atom. The molecule has 0 spiro atoms. The molecule has 3 atom stereocenters. The lowest BCUT2D eigenvalue weighted by Gasteiger charge is -2.27. The normalized spacial score (nSPS) is 21.2. The highest BCUT2D eigenvalue weighted by Crippen LogP contribution is 2.41. The summed E-state index contributed by atoms with van der Waals surface area (Å²) >= 11 is 0. The van der Waals surface area contributed by atoms with Crippen LogP contribution in [-0.2, 0) is 14.6 Å². The van der Waals surface area contributed by atoms with Crippen LogP contribution in [0, 0.1) is 24.6 Å². The summed E-state index contributed by atoms with van der Waals surface area (Å²) in [5, 5.41) is 3.07. The summed E-state index contributed by atoms with van der Waals surface area (Å²) in [6.45, 7) is 5.83. The monoisotopic (exact) mass is 484 g/mol. The Bertz CT molecular complexity index is 1240. The maximum absolute atomic E-state index is 14.2. The molecule has 0 radical (unpaired) electrons. The summed E-state index contributed by atoms with van der Waals surface area (Å²) < 4.78 is 38.1. The van der Waals surface area contributed by atoms with E-state index in [0.29, 0.717) is 18.5 Å². The number of aryl methyl sites for hydroxylation is 1. The first-order valence-corrected chi connectivity index (χ1v) is 13.3. The Labute approximate surface area is 199 Å². The fourth-order valence-corrected chi connectivity index (χ4v) is 5.16. The molecule has 34 heavy (non-hydrogen) atoms. The van der Waals surface area contributed by atoms with E-state index in [1.165, 1.54) is 29.2 Å². The third-order valence-electron chi connectivity index (χ3n) is 6.69. The molecule has 6 nitrogen and oxygen atoms in total. The van der Waals surface area contributed by atoms with Gasteiger partial charge >= 0.3 is 0 Å². The van der Waals surface area contributed by atoms with Crippen LogP contribution in [0.5, 0.6) is 0 Å². The summed E-state index contributed by atoms with van der Waals surface area (Å²) in [6.07, 6.45) is 5.13. The van der Waals surface area contributed by atoms with Crippen LogP contribution >= 0.6 is 0 Å². The highest BCUT2D eigenvalue weighted by Gasteiger charge is 2.41. The molecule has 0 bridgehead atoms. The van der Waals surface area contributed by atoms with Crippen LogP contribution in [0.2, 0.25) is 0 Å². The van der Waals surface area contributed by atoms with Gasteiger partial charge in [0.25, 0.3) is 5.91 Å². The van der Waals surface area contributed by atoms with E-state index in [1.54, 1.807) is 25.1 Å². The van der Waals surface area contributed by atoms with Gasteiger partial charge in [0.15, 0.2) is 9.84 Å². The number of nitrogens with zero attached hydrogens (tertiary/aromatic N) is 1. The van der Waals surface area contributed by atoms with Crippen LogP contribution in [0.15, 0.2) is 60.0 Å². The predicted octanol–water partition coefficient (Wildman–Crippen LogP) is 3.82. The Kier molecular flexibility index (Phi) is 6.62. The van der Waals surface area contributed by atoms with E-state index in [4.69, 9.17) is 0 Å². The van der Waals surface area contributed by atoms with Crippen molar-refractivity contribution in [3.63, 3.8) is 0 Å². The van der Waals surface area contributed by atoms with Crippen molar-refractivity contribution in [2.75, 3.05) is 12.8 Å². The highest BCUT2D eigenvalue weighted by molar-refractivity contribution is 7.90. The fourth-order valence-electron chi connectivity index (χ4n) is 4.49. The molecule has 2 aromatic rings. The van der Waals surface area contributed by atoms with Crippen LogP contribution in [0.25, 0.3) is 0 Å². The quantitative estimate of drug-likeness (QED) is 0.606. The van der Waals surface area contributed by atoms with Gasteiger partial charge in [-0.05, 0) is 73.4 Å². The maximum Gasteiger partial charge on any atom is 0.254 e. The van der Waals surface area contributed by atoms with Crippen LogP contribution in [0.3, 0.4) is 0 Å². The van der Waals surface area contributed by atoms with Crippen molar-refractivity contribution in [3.05, 3.63) is 77.6 Å². The van der Waals surface area contributed by atoms with Gasteiger partial charge in [0.1, 0.15) is 11.9 Å². The number of carbonyl (C=O) groups excluding carboxylic acids is 2. The number of nitrogens with one attached hydrogen (secondary N) is 1. The number of carbonyl (C=O) groups is 2. The minimum absolute atomic E-state index is 0.0500. The fraction of sp³-hybridized carbons (Fsp3) is 0.385. The number of sulfone groups is 1. The summed E-state index contributed by atoms with van der Waals surface area (Å²) in [4.78, 5) is 28.3. The molecule has 2 fully saturated rings. The molecule has 2 aliphatic rings. The molecule has 1 saturated heterocycles. The summed E-state index contributed by atoms with van der Waals surface area (Å²) in [6, 6.07) is 9.82. The van der Waals surface area contributed by atoms with Crippen molar-refractivity contribution < 1.29 is 22.4 Å². The maximum atomic E-state index is 14.2. The van der Waals surface area contributed by atoms with Crippen molar-refractivity contribution in [2.45, 2.75) is 43.2 Å². The highest BCUT2D eigenvalue weighted by atomic mass is 32.2. The van der Waals surface area contributed by atoms with Gasteiger partial charge in [0.2, 0.25) is 5.91 Å². The Hall–Kier alpha value is -3.00. The molecule has 4 rings (SSSR count). The molecule has 180 valence electrons. The van der Waals surface area contributed by atoms with E-state index >= 15 is 0 Å². The van der Waals surface area contributed by atoms with E-state index in [0.717, 1.165) is 24.7 Å². The second-order valence-corrected chi connectivity index (χ2v) is 11.4. The van der Waals surface area contributed by atoms with Crippen molar-refractivity contribution in [1.29, 1.82) is 0 Å². The Balaban J connectivity index is 1.58. The van der Waals surface area contributed by atoms with Gasteiger partial charge in [0.05, 0.1) is 10.9 Å². The lowest BCUT2D eigenvalue weighted by molar-refractivity contribution is -0.125. The minimum atomic E-state index is -3.48. The number of rotatable bonds is 7. The lowest BCUT2D eigenvalue weighted by Crippen LogP contribution is -2.47. The molecule has 1 saturated carbocycles. The van der Waals surface area contributed by atoms with Crippen molar-refractivity contribution in [2.24, 2.45) is 11.8 Å². The van der Waals surface area contributed by atoms with Gasteiger partial charge in [-0.2, -0.15) is 0 Å². The minimum Gasteiger partial charge on any atom is -0.347 e. The van der Waals surface area contributed by atoms with Gasteiger partial charge < -0.3 is 10.2 Å². The summed E-state index contributed by atoms with van der Waals surface area (Å²) in [5.74, 6) is -0.839. The van der Waals surface area contributed by atoms with Crippen LogP contribution < -0.4 is 5.32 Å². The van der Waals surface area contributed by atoms with Crippen molar-refractivity contribution in [1.82, 2.24) is 10.2 Å². The number of likely N-dealkylation sites (tertiary alicyclic amines) is 1. The molecule has 2 amide bonds. The van der Waals surface area contributed by atoms with Gasteiger partial charge in [-0.3, -0.25) is 9.59 Å². The molecule has 1 heterocycles. The molecular formula is C26H29FN2O4S. The topological polar surface area (TPSA) is 83.6 Å². The molecule has 1 aliphatic heterocycles. The van der Waals surface area contributed by atoms with E-state index in [2.05, 4.69) is 11.9 Å². The average Bonchev–Trinajstić information content (AvgIpc) is 3.55. The van der Waals surface area contributed by atoms with E-state index in [1.807, 2.05) is 6.07 Å². The predicted molar refractivity (Wildman–Crippen MR) is 127 cm³/mol. The van der Waals surface area contributed by atoms with Gasteiger partial charge in [-0.1, -0.05) is 24.3 Å². The summed E-state index contributed by atoms with van der Waals surface area (Å²) in [5.41, 5.74) is 1.48. The van der Waals surface area contributed by atoms with Crippen molar-refractivity contribution >= 4 is 21.7 Å². The van der Waals surface area contributed by atoms with E-state index < -0.39 is 21.8 Å². The van der Waals surface area contributed by atoms with Gasteiger partial charge in [-0.15, -0.1) is 6.58 Å². The summed E-state index contributed by atoms with van der Waals surface area (Å²) in [7, 11) is -3.48. The molecule has 0 aromatic heterocycles. The molecule has 2 aromatic carbocycles. The zero-order valence-electron chi connectivity index (χ0n) is 19.3. The number of halogens is 1. The van der Waals surface area contributed by atoms with E-state index in [-0.39, 0.29) is 40.1 Å². The third kappa shape index (κ3) is 5.06. The first-order chi connectivity index (χ1) is 16.1. The first-order valence-electron chi connectivity index (χ1n) is 11.4. The Morgan fingerprint density at radius 3 is 2.56 bits per heavy atom. The van der Waals surface area contributed by atoms with Gasteiger partial charge in [0, 0.05) is 18.4 Å². The average molecular weight is 485 g/mol. The molecule has 8 heteroatoms. The molecular weight excluding hydrogens is 455 g/mol. The smallest absolute Gasteiger partial charge is 0.254 e. The molecule has 1 N–H and O–H groups in total. The standard InChI is InChI=1S/C26H29FN2O4S/c1-4-17-12-23(29(15-17)26(31)20-6-5-7-21(13-20)34(3,32)33)25(30)28-24(18-10-11-18)19-9-8-16(2)22(27)14-19/h4-9,13-14,17-18,23-24H,1,10-12,15H2,2-3H3,(H,28,30)/t17-,23-,24-/m1/s1. The lowest BCUT2D eigenvalue weighted by atomic mass is 9.99. The van der Waals surface area contributed by atoms with Crippen LogP contribution in [0.1, 0.15) is 46.8 Å². The van der Waals surface area contributed by atoms with Crippen LogP contribution in [-0.4, -0.2) is 44.0 Å². The number of benzene rings is 2. The van der Waals surface area contributed by atoms with E-state index in [9.17, 15) is 22.4 Å². The molecule has 0 unspecified atom stereocenters. The zero-order valence-corrected chi connectivity index (χ0v) is 20.1. The largest absolute Gasteiger partial charge is 0.347 e. The van der Waals surface area contributed by atoms with Crippen LogP contribution in [0.4, 0.5) is 4.39 Å². The van der Waals surface area contributed by atoms with Crippen molar-refractivity contribution in [3.8, 4) is 0 Å².